The van der Waals surface area contributed by atoms with Crippen LogP contribution >= 0.6 is 0 Å². The monoisotopic (exact) mass is 246 g/mol. The van der Waals surface area contributed by atoms with E-state index in [2.05, 4.69) is 9.97 Å². The van der Waals surface area contributed by atoms with Gasteiger partial charge in [-0.25, -0.2) is 4.98 Å². The van der Waals surface area contributed by atoms with Crippen LogP contribution in [0.2, 0.25) is 0 Å². The van der Waals surface area contributed by atoms with E-state index in [9.17, 15) is 5.11 Å². The lowest BCUT2D eigenvalue weighted by Gasteiger charge is -2.58. The second-order valence-corrected chi connectivity index (χ2v) is 7.04. The molecule has 0 amide bonds. The molecule has 1 atom stereocenters. The van der Waals surface area contributed by atoms with Crippen molar-refractivity contribution in [1.29, 1.82) is 0 Å². The molecule has 1 unspecified atom stereocenters. The molecule has 0 radical (unpaired) electrons. The van der Waals surface area contributed by atoms with E-state index < -0.39 is 0 Å². The molecular weight excluding hydrogens is 224 g/mol. The fraction of sp³-hybridized carbons (Fsp3) is 0.800. The second-order valence-electron chi connectivity index (χ2n) is 7.04. The summed E-state index contributed by atoms with van der Waals surface area (Å²) in [7, 11) is 0. The standard InChI is InChI=1S/C15H22N2O/c18-13(6-14-16-1-2-17-14)15-7-10-3-11(8-15)5-12(4-10)9-15/h1-2,10-13,18H,3-9H2,(H,16,17). The van der Waals surface area contributed by atoms with Crippen LogP contribution in [0, 0.1) is 23.2 Å². The molecular formula is C15H22N2O. The first-order valence-corrected chi connectivity index (χ1v) is 7.40. The van der Waals surface area contributed by atoms with Crippen LogP contribution in [0.5, 0.6) is 0 Å². The van der Waals surface area contributed by atoms with Crippen LogP contribution in [0.4, 0.5) is 0 Å². The molecule has 1 aromatic rings. The Balaban J connectivity index is 1.56. The van der Waals surface area contributed by atoms with Gasteiger partial charge in [-0.15, -0.1) is 0 Å². The zero-order chi connectivity index (χ0) is 12.2. The van der Waals surface area contributed by atoms with Gasteiger partial charge in [-0.1, -0.05) is 0 Å². The zero-order valence-electron chi connectivity index (χ0n) is 10.8. The molecule has 2 N–H and O–H groups in total. The smallest absolute Gasteiger partial charge is 0.108 e. The highest BCUT2D eigenvalue weighted by molar-refractivity contribution is 5.06. The van der Waals surface area contributed by atoms with Crippen molar-refractivity contribution in [3.63, 3.8) is 0 Å². The van der Waals surface area contributed by atoms with Crippen molar-refractivity contribution >= 4 is 0 Å². The van der Waals surface area contributed by atoms with Crippen LogP contribution in [0.15, 0.2) is 12.4 Å². The lowest BCUT2D eigenvalue weighted by atomic mass is 9.48. The SMILES string of the molecule is OC(Cc1ncc[nH]1)C12CC3CC(CC(C3)C1)C2. The number of H-pyrrole nitrogens is 1. The fourth-order valence-electron chi connectivity index (χ4n) is 5.39. The maximum atomic E-state index is 10.7. The molecule has 1 heterocycles. The van der Waals surface area contributed by atoms with Crippen LogP contribution in [0.1, 0.15) is 44.3 Å². The van der Waals surface area contributed by atoms with E-state index in [1.165, 1.54) is 38.5 Å². The minimum Gasteiger partial charge on any atom is -0.392 e. The number of aromatic amines is 1. The molecule has 5 rings (SSSR count). The Labute approximate surface area is 108 Å². The summed E-state index contributed by atoms with van der Waals surface area (Å²) in [5.74, 6) is 3.66. The van der Waals surface area contributed by atoms with Crippen molar-refractivity contribution in [3.05, 3.63) is 18.2 Å². The third-order valence-electron chi connectivity index (χ3n) is 5.73. The lowest BCUT2D eigenvalue weighted by Crippen LogP contribution is -2.52. The fourth-order valence-corrected chi connectivity index (χ4v) is 5.39. The number of aromatic nitrogens is 2. The molecule has 1 aromatic heterocycles. The molecule has 0 aliphatic heterocycles. The maximum absolute atomic E-state index is 10.7. The molecule has 4 aliphatic rings. The summed E-state index contributed by atoms with van der Waals surface area (Å²) in [5, 5.41) is 10.7. The van der Waals surface area contributed by atoms with Crippen molar-refractivity contribution < 1.29 is 5.11 Å². The van der Waals surface area contributed by atoms with Gasteiger partial charge < -0.3 is 10.1 Å². The average Bonchev–Trinajstić information content (AvgIpc) is 2.79. The minimum atomic E-state index is -0.197. The van der Waals surface area contributed by atoms with Crippen molar-refractivity contribution in [3.8, 4) is 0 Å². The van der Waals surface area contributed by atoms with Gasteiger partial charge in [0.15, 0.2) is 0 Å². The summed E-state index contributed by atoms with van der Waals surface area (Å²) in [5.41, 5.74) is 0.224. The van der Waals surface area contributed by atoms with Gasteiger partial charge in [0.2, 0.25) is 0 Å². The molecule has 4 aliphatic carbocycles. The molecule has 3 nitrogen and oxygen atoms in total. The molecule has 4 saturated carbocycles. The van der Waals surface area contributed by atoms with E-state index in [-0.39, 0.29) is 11.5 Å². The second kappa shape index (κ2) is 3.83. The molecule has 4 bridgehead atoms. The van der Waals surface area contributed by atoms with Crippen molar-refractivity contribution in [2.24, 2.45) is 23.2 Å². The van der Waals surface area contributed by atoms with E-state index in [0.717, 1.165) is 23.6 Å². The molecule has 0 aromatic carbocycles. The van der Waals surface area contributed by atoms with Crippen LogP contribution in [-0.2, 0) is 6.42 Å². The van der Waals surface area contributed by atoms with E-state index in [0.29, 0.717) is 6.42 Å². The third kappa shape index (κ3) is 1.63. The zero-order valence-corrected chi connectivity index (χ0v) is 10.8. The molecule has 3 heteroatoms. The van der Waals surface area contributed by atoms with Crippen LogP contribution < -0.4 is 0 Å². The predicted molar refractivity (Wildman–Crippen MR) is 68.9 cm³/mol. The van der Waals surface area contributed by atoms with E-state index in [1.54, 1.807) is 6.20 Å². The molecule has 98 valence electrons. The topological polar surface area (TPSA) is 48.9 Å². The summed E-state index contributed by atoms with van der Waals surface area (Å²) in [4.78, 5) is 7.40. The lowest BCUT2D eigenvalue weighted by molar-refractivity contribution is -0.119. The van der Waals surface area contributed by atoms with Gasteiger partial charge in [-0.05, 0) is 61.7 Å². The third-order valence-corrected chi connectivity index (χ3v) is 5.73. The number of aliphatic hydroxyl groups is 1. The first-order chi connectivity index (χ1) is 8.73. The molecule has 18 heavy (non-hydrogen) atoms. The Hall–Kier alpha value is -0.830. The highest BCUT2D eigenvalue weighted by atomic mass is 16.3. The molecule has 4 fully saturated rings. The van der Waals surface area contributed by atoms with Gasteiger partial charge in [0.05, 0.1) is 6.10 Å². The van der Waals surface area contributed by atoms with Gasteiger partial charge in [0.25, 0.3) is 0 Å². The van der Waals surface area contributed by atoms with Gasteiger partial charge >= 0.3 is 0 Å². The summed E-state index contributed by atoms with van der Waals surface area (Å²) in [6.07, 6.45) is 12.2. The number of nitrogens with zero attached hydrogens (tertiary/aromatic N) is 1. The van der Waals surface area contributed by atoms with E-state index in [1.807, 2.05) is 6.20 Å². The quantitative estimate of drug-likeness (QED) is 0.861. The number of aliphatic hydroxyl groups excluding tert-OH is 1. The minimum absolute atomic E-state index is 0.197. The Morgan fingerprint density at radius 1 is 1.22 bits per heavy atom. The van der Waals surface area contributed by atoms with Gasteiger partial charge in [0, 0.05) is 18.8 Å². The van der Waals surface area contributed by atoms with Crippen molar-refractivity contribution in [2.75, 3.05) is 0 Å². The number of imidazole rings is 1. The average molecular weight is 246 g/mol. The summed E-state index contributed by atoms with van der Waals surface area (Å²) in [6, 6.07) is 0. The number of nitrogens with one attached hydrogen (secondary N) is 1. The predicted octanol–water partition coefficient (Wildman–Crippen LogP) is 2.53. The van der Waals surface area contributed by atoms with Crippen molar-refractivity contribution in [1.82, 2.24) is 9.97 Å². The normalized spacial score (nSPS) is 43.3. The van der Waals surface area contributed by atoms with Crippen LogP contribution in [-0.4, -0.2) is 21.2 Å². The Morgan fingerprint density at radius 3 is 2.33 bits per heavy atom. The van der Waals surface area contributed by atoms with E-state index in [4.69, 9.17) is 0 Å². The summed E-state index contributed by atoms with van der Waals surface area (Å²) < 4.78 is 0. The highest BCUT2D eigenvalue weighted by Gasteiger charge is 2.53. The number of hydrogen-bond donors (Lipinski definition) is 2. The summed E-state index contributed by atoms with van der Waals surface area (Å²) in [6.45, 7) is 0. The Morgan fingerprint density at radius 2 is 1.83 bits per heavy atom. The van der Waals surface area contributed by atoms with Crippen LogP contribution in [0.25, 0.3) is 0 Å². The highest BCUT2D eigenvalue weighted by Crippen LogP contribution is 2.61. The number of rotatable bonds is 3. The van der Waals surface area contributed by atoms with Crippen molar-refractivity contribution in [2.45, 2.75) is 51.0 Å². The van der Waals surface area contributed by atoms with E-state index >= 15 is 0 Å². The van der Waals surface area contributed by atoms with Gasteiger partial charge in [0.1, 0.15) is 5.82 Å². The molecule has 0 saturated heterocycles. The Kier molecular flexibility index (Phi) is 2.35. The largest absolute Gasteiger partial charge is 0.392 e. The Bertz CT molecular complexity index is 390. The van der Waals surface area contributed by atoms with Gasteiger partial charge in [-0.2, -0.15) is 0 Å². The van der Waals surface area contributed by atoms with Gasteiger partial charge in [-0.3, -0.25) is 0 Å². The molecule has 0 spiro atoms. The first kappa shape index (κ1) is 11.0. The van der Waals surface area contributed by atoms with Crippen LogP contribution in [0.3, 0.4) is 0 Å². The summed E-state index contributed by atoms with van der Waals surface area (Å²) >= 11 is 0. The first-order valence-electron chi connectivity index (χ1n) is 7.40. The number of hydrogen-bond acceptors (Lipinski definition) is 2. The maximum Gasteiger partial charge on any atom is 0.108 e.